The van der Waals surface area contributed by atoms with Crippen molar-refractivity contribution in [3.63, 3.8) is 0 Å². The molecule has 98 valence electrons. The Morgan fingerprint density at radius 1 is 1.33 bits per heavy atom. The number of hydrogen-bond acceptors (Lipinski definition) is 3. The van der Waals surface area contributed by atoms with Gasteiger partial charge in [0.05, 0.1) is 5.88 Å². The highest BCUT2D eigenvalue weighted by molar-refractivity contribution is 6.27. The fourth-order valence-electron chi connectivity index (χ4n) is 1.26. The lowest BCUT2D eigenvalue weighted by Gasteiger charge is -2.10. The highest BCUT2D eigenvalue weighted by atomic mass is 35.5. The Balaban J connectivity index is 2.24. The van der Waals surface area contributed by atoms with Gasteiger partial charge >= 0.3 is 6.09 Å². The van der Waals surface area contributed by atoms with Crippen LogP contribution in [0.3, 0.4) is 0 Å². The van der Waals surface area contributed by atoms with Gasteiger partial charge in [-0.1, -0.05) is 37.3 Å². The number of hydrogen-bond donors (Lipinski definition) is 1. The number of ketones is 1. The quantitative estimate of drug-likeness (QED) is 0.807. The summed E-state index contributed by atoms with van der Waals surface area (Å²) in [6.07, 6.45) is -0.534. The van der Waals surface area contributed by atoms with Crippen LogP contribution in [0, 0.1) is 5.92 Å². The van der Waals surface area contributed by atoms with Crippen LogP contribution in [0.2, 0.25) is 0 Å². The Bertz CT molecular complexity index is 394. The fraction of sp³-hybridized carbons (Fsp3) is 0.385. The number of benzene rings is 1. The number of amides is 1. The molecule has 0 radical (unpaired) electrons. The van der Waals surface area contributed by atoms with Crippen molar-refractivity contribution in [1.82, 2.24) is 5.32 Å². The van der Waals surface area contributed by atoms with Gasteiger partial charge in [0.15, 0.2) is 5.78 Å². The van der Waals surface area contributed by atoms with Gasteiger partial charge < -0.3 is 10.1 Å². The van der Waals surface area contributed by atoms with E-state index < -0.39 is 6.09 Å². The normalized spacial score (nSPS) is 11.7. The molecule has 0 saturated heterocycles. The molecule has 5 heteroatoms. The maximum Gasteiger partial charge on any atom is 0.407 e. The van der Waals surface area contributed by atoms with E-state index in [-0.39, 0.29) is 30.7 Å². The van der Waals surface area contributed by atoms with Crippen molar-refractivity contribution >= 4 is 23.5 Å². The molecule has 0 heterocycles. The van der Waals surface area contributed by atoms with Gasteiger partial charge in [0.1, 0.15) is 6.61 Å². The van der Waals surface area contributed by atoms with Gasteiger partial charge in [0.2, 0.25) is 0 Å². The van der Waals surface area contributed by atoms with E-state index in [9.17, 15) is 9.59 Å². The summed E-state index contributed by atoms with van der Waals surface area (Å²) in [6, 6.07) is 9.37. The smallest absolute Gasteiger partial charge is 0.407 e. The minimum Gasteiger partial charge on any atom is -0.445 e. The van der Waals surface area contributed by atoms with E-state index in [2.05, 4.69) is 5.32 Å². The second kappa shape index (κ2) is 7.71. The summed E-state index contributed by atoms with van der Waals surface area (Å²) in [5, 5.41) is 2.53. The second-order valence-electron chi connectivity index (χ2n) is 3.94. The summed E-state index contributed by atoms with van der Waals surface area (Å²) in [5.41, 5.74) is 0.914. The van der Waals surface area contributed by atoms with Gasteiger partial charge in [-0.25, -0.2) is 4.79 Å². The van der Waals surface area contributed by atoms with E-state index in [0.717, 1.165) is 5.56 Å². The molecule has 1 aromatic carbocycles. The van der Waals surface area contributed by atoms with Gasteiger partial charge in [0.25, 0.3) is 0 Å². The highest BCUT2D eigenvalue weighted by Crippen LogP contribution is 2.01. The van der Waals surface area contributed by atoms with Crippen LogP contribution in [-0.4, -0.2) is 24.3 Å². The average molecular weight is 270 g/mol. The fourth-order valence-corrected chi connectivity index (χ4v) is 1.52. The zero-order valence-corrected chi connectivity index (χ0v) is 10.9. The Labute approximate surface area is 111 Å². The standard InChI is InChI=1S/C13H16ClNO3/c1-10(12(16)7-14)8-15-13(17)18-9-11-5-3-2-4-6-11/h2-6,10H,7-9H2,1H3,(H,15,17). The maximum atomic E-state index is 11.4. The minimum atomic E-state index is -0.534. The molecular weight excluding hydrogens is 254 g/mol. The number of nitrogens with one attached hydrogen (secondary N) is 1. The molecule has 0 aliphatic carbocycles. The maximum absolute atomic E-state index is 11.4. The minimum absolute atomic E-state index is 0.0398. The molecule has 4 nitrogen and oxygen atoms in total. The summed E-state index contributed by atoms with van der Waals surface area (Å²) in [5.74, 6) is -0.436. The van der Waals surface area contributed by atoms with Crippen molar-refractivity contribution in [2.45, 2.75) is 13.5 Å². The summed E-state index contributed by atoms with van der Waals surface area (Å²) >= 11 is 5.41. The number of rotatable bonds is 6. The first-order valence-corrected chi connectivity index (χ1v) is 6.20. The lowest BCUT2D eigenvalue weighted by atomic mass is 10.1. The molecule has 0 spiro atoms. The van der Waals surface area contributed by atoms with E-state index >= 15 is 0 Å². The topological polar surface area (TPSA) is 55.4 Å². The molecule has 18 heavy (non-hydrogen) atoms. The SMILES string of the molecule is CC(CNC(=O)OCc1ccccc1)C(=O)CCl. The number of Topliss-reactive ketones (excluding diaryl/α,β-unsaturated/α-hetero) is 1. The van der Waals surface area contributed by atoms with E-state index in [1.807, 2.05) is 30.3 Å². The van der Waals surface area contributed by atoms with Gasteiger partial charge in [-0.3, -0.25) is 4.79 Å². The van der Waals surface area contributed by atoms with E-state index in [0.29, 0.717) is 0 Å². The second-order valence-corrected chi connectivity index (χ2v) is 4.21. The molecule has 0 aromatic heterocycles. The third-order valence-corrected chi connectivity index (χ3v) is 2.71. The van der Waals surface area contributed by atoms with Crippen molar-refractivity contribution in [2.24, 2.45) is 5.92 Å². The Kier molecular flexibility index (Phi) is 6.22. The molecule has 1 unspecified atom stereocenters. The monoisotopic (exact) mass is 269 g/mol. The molecule has 0 aliphatic rings. The molecule has 0 fully saturated rings. The van der Waals surface area contributed by atoms with Gasteiger partial charge in [-0.15, -0.1) is 11.6 Å². The van der Waals surface area contributed by atoms with Crippen molar-refractivity contribution in [3.05, 3.63) is 35.9 Å². The van der Waals surface area contributed by atoms with Gasteiger partial charge in [0, 0.05) is 12.5 Å². The number of carbonyl (C=O) groups is 2. The first-order valence-electron chi connectivity index (χ1n) is 5.66. The van der Waals surface area contributed by atoms with Crippen LogP contribution in [-0.2, 0) is 16.1 Å². The molecule has 1 rings (SSSR count). The summed E-state index contributed by atoms with van der Waals surface area (Å²) in [7, 11) is 0. The molecule has 0 saturated carbocycles. The Morgan fingerprint density at radius 3 is 2.61 bits per heavy atom. The van der Waals surface area contributed by atoms with Crippen LogP contribution in [0.15, 0.2) is 30.3 Å². The predicted molar refractivity (Wildman–Crippen MR) is 69.5 cm³/mol. The van der Waals surface area contributed by atoms with Crippen LogP contribution in [0.4, 0.5) is 4.79 Å². The number of alkyl halides is 1. The summed E-state index contributed by atoms with van der Waals surface area (Å²) < 4.78 is 5.00. The lowest BCUT2D eigenvalue weighted by Crippen LogP contribution is -2.32. The van der Waals surface area contributed by atoms with Crippen molar-refractivity contribution in [3.8, 4) is 0 Å². The summed E-state index contributed by atoms with van der Waals surface area (Å²) in [4.78, 5) is 22.5. The van der Waals surface area contributed by atoms with Crippen LogP contribution < -0.4 is 5.32 Å². The highest BCUT2D eigenvalue weighted by Gasteiger charge is 2.13. The number of alkyl carbamates (subject to hydrolysis) is 1. The molecule has 0 aliphatic heterocycles. The first kappa shape index (κ1) is 14.5. The molecule has 1 aromatic rings. The third kappa shape index (κ3) is 5.19. The van der Waals surface area contributed by atoms with Crippen LogP contribution in [0.5, 0.6) is 0 Å². The molecule has 0 bridgehead atoms. The third-order valence-electron chi connectivity index (χ3n) is 2.45. The zero-order valence-electron chi connectivity index (χ0n) is 10.2. The van der Waals surface area contributed by atoms with Crippen molar-refractivity contribution in [1.29, 1.82) is 0 Å². The predicted octanol–water partition coefficient (Wildman–Crippen LogP) is 2.36. The molecule has 1 amide bonds. The van der Waals surface area contributed by atoms with Crippen molar-refractivity contribution < 1.29 is 14.3 Å². The van der Waals surface area contributed by atoms with E-state index in [1.54, 1.807) is 6.92 Å². The van der Waals surface area contributed by atoms with Gasteiger partial charge in [-0.05, 0) is 5.56 Å². The van der Waals surface area contributed by atoms with Crippen molar-refractivity contribution in [2.75, 3.05) is 12.4 Å². The lowest BCUT2D eigenvalue weighted by molar-refractivity contribution is -0.119. The molecule has 1 atom stereocenters. The first-order chi connectivity index (χ1) is 8.63. The van der Waals surface area contributed by atoms with E-state index in [4.69, 9.17) is 16.3 Å². The van der Waals surface area contributed by atoms with Gasteiger partial charge in [-0.2, -0.15) is 0 Å². The van der Waals surface area contributed by atoms with Crippen LogP contribution in [0.1, 0.15) is 12.5 Å². The zero-order chi connectivity index (χ0) is 13.4. The van der Waals surface area contributed by atoms with E-state index in [1.165, 1.54) is 0 Å². The Morgan fingerprint density at radius 2 is 2.00 bits per heavy atom. The molecule has 1 N–H and O–H groups in total. The average Bonchev–Trinajstić information content (AvgIpc) is 2.42. The number of ether oxygens (including phenoxy) is 1. The van der Waals surface area contributed by atoms with Crippen LogP contribution in [0.25, 0.3) is 0 Å². The summed E-state index contributed by atoms with van der Waals surface area (Å²) in [6.45, 7) is 2.16. The number of halogens is 1. The Hall–Kier alpha value is -1.55. The van der Waals surface area contributed by atoms with Crippen LogP contribution >= 0.6 is 11.6 Å². The number of carbonyl (C=O) groups excluding carboxylic acids is 2. The molecular formula is C13H16ClNO3. The largest absolute Gasteiger partial charge is 0.445 e.